The third-order valence-electron chi connectivity index (χ3n) is 4.44. The minimum Gasteiger partial charge on any atom is -0.368 e. The summed E-state index contributed by atoms with van der Waals surface area (Å²) < 4.78 is 0. The normalized spacial score (nSPS) is 14.4. The number of para-hydroxylation sites is 1. The fraction of sp³-hybridized carbons (Fsp3) is 0.294. The first-order valence-electron chi connectivity index (χ1n) is 7.96. The number of benzene rings is 2. The highest BCUT2D eigenvalue weighted by atomic mass is 16.6. The molecule has 0 aromatic heterocycles. The number of hydrogen-bond donors (Lipinski definition) is 0. The zero-order valence-electron chi connectivity index (χ0n) is 13.8. The highest BCUT2D eigenvalue weighted by Crippen LogP contribution is 2.33. The number of aryl methyl sites for hydroxylation is 1. The summed E-state index contributed by atoms with van der Waals surface area (Å²) in [7, 11) is 0. The average Bonchev–Trinajstić information content (AvgIpc) is 2.61. The van der Waals surface area contributed by atoms with Gasteiger partial charge < -0.3 is 9.80 Å². The van der Waals surface area contributed by atoms with Crippen LogP contribution in [0.15, 0.2) is 42.5 Å². The van der Waals surface area contributed by atoms with Gasteiger partial charge in [0.15, 0.2) is 0 Å². The maximum Gasteiger partial charge on any atom is 0.299 e. The van der Waals surface area contributed by atoms with Gasteiger partial charge in [0.2, 0.25) is 0 Å². The van der Waals surface area contributed by atoms with E-state index in [9.17, 15) is 20.2 Å². The Labute approximate surface area is 144 Å². The largest absolute Gasteiger partial charge is 0.368 e. The van der Waals surface area contributed by atoms with E-state index in [1.807, 2.05) is 17.0 Å². The summed E-state index contributed by atoms with van der Waals surface area (Å²) in [5.41, 5.74) is 2.30. The Balaban J connectivity index is 1.80. The van der Waals surface area contributed by atoms with Gasteiger partial charge in [0.25, 0.3) is 11.4 Å². The predicted octanol–water partition coefficient (Wildman–Crippen LogP) is 3.14. The van der Waals surface area contributed by atoms with Gasteiger partial charge in [-0.1, -0.05) is 18.2 Å². The Kier molecular flexibility index (Phi) is 4.51. The minimum absolute atomic E-state index is 0.224. The molecule has 1 aliphatic rings. The first-order chi connectivity index (χ1) is 12.0. The summed E-state index contributed by atoms with van der Waals surface area (Å²) in [6.45, 7) is 4.76. The number of nitrogens with zero attached hydrogens (tertiary/aromatic N) is 4. The van der Waals surface area contributed by atoms with Crippen LogP contribution in [0, 0.1) is 27.2 Å². The lowest BCUT2D eigenvalue weighted by atomic mass is 10.1. The molecule has 0 unspecified atom stereocenters. The van der Waals surface area contributed by atoms with Crippen molar-refractivity contribution >= 4 is 22.7 Å². The number of hydrogen-bond acceptors (Lipinski definition) is 6. The van der Waals surface area contributed by atoms with E-state index in [-0.39, 0.29) is 11.4 Å². The molecule has 0 N–H and O–H groups in total. The minimum atomic E-state index is -0.618. The Morgan fingerprint density at radius 3 is 2.00 bits per heavy atom. The van der Waals surface area contributed by atoms with Gasteiger partial charge in [-0.05, 0) is 24.6 Å². The van der Waals surface area contributed by atoms with E-state index in [1.165, 1.54) is 23.4 Å². The molecular formula is C17H18N4O4. The van der Waals surface area contributed by atoms with Crippen molar-refractivity contribution in [1.82, 2.24) is 0 Å². The highest BCUT2D eigenvalue weighted by molar-refractivity contribution is 5.67. The third kappa shape index (κ3) is 3.37. The van der Waals surface area contributed by atoms with E-state index in [1.54, 1.807) is 0 Å². The van der Waals surface area contributed by atoms with E-state index in [2.05, 4.69) is 24.0 Å². The van der Waals surface area contributed by atoms with Crippen molar-refractivity contribution in [2.45, 2.75) is 6.92 Å². The van der Waals surface area contributed by atoms with E-state index in [0.29, 0.717) is 18.8 Å². The van der Waals surface area contributed by atoms with Crippen LogP contribution in [0.25, 0.3) is 0 Å². The first kappa shape index (κ1) is 16.7. The Morgan fingerprint density at radius 1 is 0.840 bits per heavy atom. The number of nitro groups is 2. The second-order valence-corrected chi connectivity index (χ2v) is 5.95. The number of non-ortho nitro benzene ring substituents is 1. The highest BCUT2D eigenvalue weighted by Gasteiger charge is 2.26. The van der Waals surface area contributed by atoms with Gasteiger partial charge in [-0.3, -0.25) is 20.2 Å². The summed E-state index contributed by atoms with van der Waals surface area (Å²) >= 11 is 0. The molecule has 0 spiro atoms. The second-order valence-electron chi connectivity index (χ2n) is 5.95. The molecule has 25 heavy (non-hydrogen) atoms. The Bertz CT molecular complexity index is 816. The molecular weight excluding hydrogens is 324 g/mol. The maximum atomic E-state index is 11.3. The topological polar surface area (TPSA) is 92.8 Å². The molecule has 8 heteroatoms. The molecule has 0 amide bonds. The number of rotatable bonds is 4. The molecule has 0 saturated carbocycles. The number of piperazine rings is 1. The van der Waals surface area contributed by atoms with E-state index in [0.717, 1.165) is 19.2 Å². The van der Waals surface area contributed by atoms with Crippen molar-refractivity contribution in [2.24, 2.45) is 0 Å². The lowest BCUT2D eigenvalue weighted by Gasteiger charge is -2.37. The summed E-state index contributed by atoms with van der Waals surface area (Å²) in [5.74, 6) is 0. The van der Waals surface area contributed by atoms with Crippen LogP contribution in [-0.4, -0.2) is 36.0 Å². The maximum absolute atomic E-state index is 11.3. The van der Waals surface area contributed by atoms with E-state index in [4.69, 9.17) is 0 Å². The fourth-order valence-electron chi connectivity index (χ4n) is 3.15. The molecule has 1 heterocycles. The second kappa shape index (κ2) is 6.76. The summed E-state index contributed by atoms with van der Waals surface area (Å²) in [4.78, 5) is 25.2. The monoisotopic (exact) mass is 342 g/mol. The quantitative estimate of drug-likeness (QED) is 0.626. The zero-order chi connectivity index (χ0) is 18.0. The fourth-order valence-corrected chi connectivity index (χ4v) is 3.15. The zero-order valence-corrected chi connectivity index (χ0v) is 13.8. The predicted molar refractivity (Wildman–Crippen MR) is 95.4 cm³/mol. The van der Waals surface area contributed by atoms with Crippen molar-refractivity contribution in [2.75, 3.05) is 36.0 Å². The molecule has 8 nitrogen and oxygen atoms in total. The molecule has 2 aromatic rings. The van der Waals surface area contributed by atoms with Crippen LogP contribution in [-0.2, 0) is 0 Å². The van der Waals surface area contributed by atoms with Gasteiger partial charge in [0, 0.05) is 37.9 Å². The van der Waals surface area contributed by atoms with Gasteiger partial charge >= 0.3 is 0 Å². The molecule has 1 aliphatic heterocycles. The number of anilines is 2. The standard InChI is InChI=1S/C17H18N4O4/c1-13-4-2-3-5-15(13)18-8-10-19(11-9-18)16-7-6-14(20(22)23)12-17(16)21(24)25/h2-7,12H,8-11H2,1H3. The first-order valence-corrected chi connectivity index (χ1v) is 7.96. The molecule has 0 aliphatic carbocycles. The van der Waals surface area contributed by atoms with Gasteiger partial charge in [-0.2, -0.15) is 0 Å². The molecule has 3 rings (SSSR count). The average molecular weight is 342 g/mol. The van der Waals surface area contributed by atoms with Crippen LogP contribution in [0.1, 0.15) is 5.56 Å². The van der Waals surface area contributed by atoms with Crippen LogP contribution in [0.3, 0.4) is 0 Å². The van der Waals surface area contributed by atoms with E-state index >= 15 is 0 Å². The molecule has 2 aromatic carbocycles. The van der Waals surface area contributed by atoms with E-state index < -0.39 is 9.85 Å². The lowest BCUT2D eigenvalue weighted by molar-refractivity contribution is -0.393. The Morgan fingerprint density at radius 2 is 1.44 bits per heavy atom. The SMILES string of the molecule is Cc1ccccc1N1CCN(c2ccc([N+](=O)[O-])cc2[N+](=O)[O-])CC1. The van der Waals surface area contributed by atoms with Gasteiger partial charge in [0.05, 0.1) is 15.9 Å². The third-order valence-corrected chi connectivity index (χ3v) is 4.44. The van der Waals surface area contributed by atoms with Crippen molar-refractivity contribution in [3.63, 3.8) is 0 Å². The smallest absolute Gasteiger partial charge is 0.299 e. The van der Waals surface area contributed by atoms with Crippen LogP contribution in [0.2, 0.25) is 0 Å². The number of nitro benzene ring substituents is 2. The molecule has 0 bridgehead atoms. The van der Waals surface area contributed by atoms with Gasteiger partial charge in [0.1, 0.15) is 5.69 Å². The van der Waals surface area contributed by atoms with Crippen molar-refractivity contribution in [3.8, 4) is 0 Å². The summed E-state index contributed by atoms with van der Waals surface area (Å²) in [6.07, 6.45) is 0. The van der Waals surface area contributed by atoms with Crippen LogP contribution >= 0.6 is 0 Å². The summed E-state index contributed by atoms with van der Waals surface area (Å²) in [6, 6.07) is 11.9. The summed E-state index contributed by atoms with van der Waals surface area (Å²) in [5, 5.41) is 22.2. The van der Waals surface area contributed by atoms with Crippen molar-refractivity contribution in [3.05, 3.63) is 68.3 Å². The molecule has 0 radical (unpaired) electrons. The van der Waals surface area contributed by atoms with Gasteiger partial charge in [-0.25, -0.2) is 0 Å². The van der Waals surface area contributed by atoms with Gasteiger partial charge in [-0.15, -0.1) is 0 Å². The van der Waals surface area contributed by atoms with Crippen molar-refractivity contribution in [1.29, 1.82) is 0 Å². The molecule has 1 saturated heterocycles. The molecule has 0 atom stereocenters. The lowest BCUT2D eigenvalue weighted by Crippen LogP contribution is -2.46. The Hall–Kier alpha value is -3.16. The van der Waals surface area contributed by atoms with Crippen LogP contribution in [0.5, 0.6) is 0 Å². The molecule has 130 valence electrons. The molecule has 1 fully saturated rings. The van der Waals surface area contributed by atoms with Crippen LogP contribution < -0.4 is 9.80 Å². The van der Waals surface area contributed by atoms with Crippen LogP contribution in [0.4, 0.5) is 22.7 Å². The van der Waals surface area contributed by atoms with Crippen molar-refractivity contribution < 1.29 is 9.85 Å².